The molecule has 1 rings (SSSR count). The molecule has 0 aliphatic heterocycles. The quantitative estimate of drug-likeness (QED) is 0.716. The van der Waals surface area contributed by atoms with Crippen LogP contribution in [0.15, 0.2) is 12.1 Å². The molecule has 0 fully saturated rings. The molecule has 1 amide bonds. The van der Waals surface area contributed by atoms with Crippen LogP contribution in [0.5, 0.6) is 5.75 Å². The lowest BCUT2D eigenvalue weighted by Gasteiger charge is -2.15. The highest BCUT2D eigenvalue weighted by Crippen LogP contribution is 2.25. The molecular weight excluding hydrogens is 298 g/mol. The number of hydrogen-bond acceptors (Lipinski definition) is 2. The van der Waals surface area contributed by atoms with Crippen LogP contribution in [-0.2, 0) is 4.79 Å². The van der Waals surface area contributed by atoms with Crippen molar-refractivity contribution in [2.45, 2.75) is 53.4 Å². The molecule has 1 atom stereocenters. The Morgan fingerprint density at radius 3 is 2.45 bits per heavy atom. The number of ether oxygens (including phenoxy) is 1. The lowest BCUT2D eigenvalue weighted by molar-refractivity contribution is -0.123. The van der Waals surface area contributed by atoms with Crippen molar-refractivity contribution in [2.75, 3.05) is 13.2 Å². The van der Waals surface area contributed by atoms with Gasteiger partial charge in [-0.1, -0.05) is 44.7 Å². The van der Waals surface area contributed by atoms with Crippen LogP contribution in [0.3, 0.4) is 0 Å². The first-order chi connectivity index (χ1) is 10.5. The standard InChI is InChI=1S/C18H28ClNO2/c1-5-7-8-15(6-2)11-20-17(21)12-22-16-9-13(3)18(19)14(4)10-16/h9-10,15H,5-8,11-12H2,1-4H3,(H,20,21)/t15-/m0/s1. The van der Waals surface area contributed by atoms with Gasteiger partial charge in [0.1, 0.15) is 5.75 Å². The Morgan fingerprint density at radius 1 is 1.27 bits per heavy atom. The van der Waals surface area contributed by atoms with E-state index in [1.807, 2.05) is 26.0 Å². The number of aryl methyl sites for hydroxylation is 2. The third-order valence-corrected chi connectivity index (χ3v) is 4.51. The van der Waals surface area contributed by atoms with Gasteiger partial charge in [0.15, 0.2) is 6.61 Å². The Morgan fingerprint density at radius 2 is 1.91 bits per heavy atom. The predicted molar refractivity (Wildman–Crippen MR) is 92.7 cm³/mol. The highest BCUT2D eigenvalue weighted by atomic mass is 35.5. The minimum Gasteiger partial charge on any atom is -0.484 e. The summed E-state index contributed by atoms with van der Waals surface area (Å²) in [5.74, 6) is 1.18. The Bertz CT molecular complexity index is 465. The first-order valence-electron chi connectivity index (χ1n) is 8.14. The maximum atomic E-state index is 11.9. The summed E-state index contributed by atoms with van der Waals surface area (Å²) in [6.07, 6.45) is 4.68. The van der Waals surface area contributed by atoms with E-state index in [4.69, 9.17) is 16.3 Å². The molecule has 1 N–H and O–H groups in total. The number of nitrogens with one attached hydrogen (secondary N) is 1. The lowest BCUT2D eigenvalue weighted by atomic mass is 9.99. The fourth-order valence-electron chi connectivity index (χ4n) is 2.39. The van der Waals surface area contributed by atoms with Gasteiger partial charge < -0.3 is 10.1 Å². The van der Waals surface area contributed by atoms with E-state index < -0.39 is 0 Å². The first kappa shape index (κ1) is 18.8. The summed E-state index contributed by atoms with van der Waals surface area (Å²) in [6.45, 7) is 9.00. The molecule has 0 unspecified atom stereocenters. The van der Waals surface area contributed by atoms with Crippen LogP contribution >= 0.6 is 11.6 Å². The molecule has 0 saturated carbocycles. The van der Waals surface area contributed by atoms with Crippen molar-refractivity contribution in [3.63, 3.8) is 0 Å². The van der Waals surface area contributed by atoms with Gasteiger partial charge in [-0.15, -0.1) is 0 Å². The molecule has 0 radical (unpaired) electrons. The zero-order valence-electron chi connectivity index (χ0n) is 14.2. The highest BCUT2D eigenvalue weighted by molar-refractivity contribution is 6.32. The number of carbonyl (C=O) groups excluding carboxylic acids is 1. The van der Waals surface area contributed by atoms with Gasteiger partial charge in [-0.25, -0.2) is 0 Å². The summed E-state index contributed by atoms with van der Waals surface area (Å²) in [7, 11) is 0. The summed E-state index contributed by atoms with van der Waals surface area (Å²) < 4.78 is 5.56. The molecule has 0 saturated heterocycles. The minimum absolute atomic E-state index is 0.0464. The summed E-state index contributed by atoms with van der Waals surface area (Å²) in [5, 5.41) is 3.71. The van der Waals surface area contributed by atoms with Gasteiger partial charge in [0.2, 0.25) is 0 Å². The van der Waals surface area contributed by atoms with E-state index in [0.29, 0.717) is 11.7 Å². The summed E-state index contributed by atoms with van der Waals surface area (Å²) in [6, 6.07) is 3.72. The zero-order chi connectivity index (χ0) is 16.5. The van der Waals surface area contributed by atoms with E-state index in [2.05, 4.69) is 19.2 Å². The average Bonchev–Trinajstić information content (AvgIpc) is 2.50. The Balaban J connectivity index is 2.40. The minimum atomic E-state index is -0.0693. The molecule has 0 aliphatic rings. The first-order valence-corrected chi connectivity index (χ1v) is 8.51. The van der Waals surface area contributed by atoms with E-state index >= 15 is 0 Å². The van der Waals surface area contributed by atoms with Crippen molar-refractivity contribution in [1.29, 1.82) is 0 Å². The molecule has 4 heteroatoms. The summed E-state index contributed by atoms with van der Waals surface area (Å²) in [5.41, 5.74) is 1.92. The Kier molecular flexibility index (Phi) is 8.32. The van der Waals surface area contributed by atoms with Crippen LogP contribution in [0.4, 0.5) is 0 Å². The van der Waals surface area contributed by atoms with E-state index in [0.717, 1.165) is 29.1 Å². The van der Waals surface area contributed by atoms with Gasteiger partial charge >= 0.3 is 0 Å². The molecule has 1 aromatic rings. The van der Waals surface area contributed by atoms with E-state index in [-0.39, 0.29) is 12.5 Å². The largest absolute Gasteiger partial charge is 0.484 e. The molecule has 0 aliphatic carbocycles. The number of benzene rings is 1. The molecule has 3 nitrogen and oxygen atoms in total. The number of rotatable bonds is 9. The second-order valence-electron chi connectivity index (χ2n) is 5.88. The van der Waals surface area contributed by atoms with Crippen molar-refractivity contribution in [1.82, 2.24) is 5.32 Å². The molecule has 1 aromatic carbocycles. The molecule has 0 aromatic heterocycles. The fourth-order valence-corrected chi connectivity index (χ4v) is 2.50. The van der Waals surface area contributed by atoms with Crippen LogP contribution in [0.2, 0.25) is 5.02 Å². The van der Waals surface area contributed by atoms with E-state index in [9.17, 15) is 4.79 Å². The van der Waals surface area contributed by atoms with E-state index in [1.165, 1.54) is 19.3 Å². The fraction of sp³-hybridized carbons (Fsp3) is 0.611. The van der Waals surface area contributed by atoms with Gasteiger partial charge in [-0.05, 0) is 49.4 Å². The van der Waals surface area contributed by atoms with Crippen molar-refractivity contribution in [3.05, 3.63) is 28.3 Å². The van der Waals surface area contributed by atoms with Gasteiger partial charge in [-0.3, -0.25) is 4.79 Å². The summed E-state index contributed by atoms with van der Waals surface area (Å²) >= 11 is 6.12. The molecule has 0 bridgehead atoms. The van der Waals surface area contributed by atoms with Crippen LogP contribution in [0.1, 0.15) is 50.7 Å². The van der Waals surface area contributed by atoms with Crippen LogP contribution in [-0.4, -0.2) is 19.1 Å². The molecule has 22 heavy (non-hydrogen) atoms. The monoisotopic (exact) mass is 325 g/mol. The number of amides is 1. The predicted octanol–water partition coefficient (Wildman–Crippen LogP) is 4.67. The van der Waals surface area contributed by atoms with E-state index in [1.54, 1.807) is 0 Å². The highest BCUT2D eigenvalue weighted by Gasteiger charge is 2.10. The van der Waals surface area contributed by atoms with Crippen LogP contribution in [0, 0.1) is 19.8 Å². The SMILES string of the molecule is CCCC[C@H](CC)CNC(=O)COc1cc(C)c(Cl)c(C)c1. The number of halogens is 1. The van der Waals surface area contributed by atoms with Gasteiger partial charge in [-0.2, -0.15) is 0 Å². The molecule has 124 valence electrons. The average molecular weight is 326 g/mol. The van der Waals surface area contributed by atoms with Gasteiger partial charge in [0.05, 0.1) is 0 Å². The van der Waals surface area contributed by atoms with Crippen molar-refractivity contribution in [2.24, 2.45) is 5.92 Å². The zero-order valence-corrected chi connectivity index (χ0v) is 14.9. The van der Waals surface area contributed by atoms with Crippen LogP contribution in [0.25, 0.3) is 0 Å². The van der Waals surface area contributed by atoms with Gasteiger partial charge in [0, 0.05) is 11.6 Å². The second-order valence-corrected chi connectivity index (χ2v) is 6.26. The normalized spacial score (nSPS) is 12.0. The Labute approximate surface area is 139 Å². The molecular formula is C18H28ClNO2. The number of carbonyl (C=O) groups is 1. The third kappa shape index (κ3) is 6.27. The maximum absolute atomic E-state index is 11.9. The van der Waals surface area contributed by atoms with Crippen molar-refractivity contribution < 1.29 is 9.53 Å². The maximum Gasteiger partial charge on any atom is 0.257 e. The number of hydrogen-bond donors (Lipinski definition) is 1. The Hall–Kier alpha value is -1.22. The summed E-state index contributed by atoms with van der Waals surface area (Å²) in [4.78, 5) is 11.9. The second kappa shape index (κ2) is 9.73. The van der Waals surface area contributed by atoms with Gasteiger partial charge in [0.25, 0.3) is 5.91 Å². The third-order valence-electron chi connectivity index (χ3n) is 3.91. The lowest BCUT2D eigenvalue weighted by Crippen LogP contribution is -2.33. The van der Waals surface area contributed by atoms with Crippen LogP contribution < -0.4 is 10.1 Å². The molecule has 0 spiro atoms. The number of unbranched alkanes of at least 4 members (excludes halogenated alkanes) is 1. The van der Waals surface area contributed by atoms with Crippen molar-refractivity contribution in [3.8, 4) is 5.75 Å². The van der Waals surface area contributed by atoms with Crippen molar-refractivity contribution >= 4 is 17.5 Å². The molecule has 0 heterocycles. The topological polar surface area (TPSA) is 38.3 Å². The smallest absolute Gasteiger partial charge is 0.257 e.